The van der Waals surface area contributed by atoms with Gasteiger partial charge in [-0.2, -0.15) is 0 Å². The van der Waals surface area contributed by atoms with Gasteiger partial charge in [0, 0.05) is 24.9 Å². The fraction of sp³-hybridized carbons (Fsp3) is 0.316. The summed E-state index contributed by atoms with van der Waals surface area (Å²) in [7, 11) is 0. The van der Waals surface area contributed by atoms with Gasteiger partial charge in [-0.05, 0) is 49.1 Å². The topological polar surface area (TPSA) is 77.2 Å². The smallest absolute Gasteiger partial charge is 0.335 e. The van der Waals surface area contributed by atoms with Gasteiger partial charge in [0.25, 0.3) is 0 Å². The third-order valence-corrected chi connectivity index (χ3v) is 4.38. The van der Waals surface area contributed by atoms with Gasteiger partial charge in [-0.3, -0.25) is 4.57 Å². The zero-order valence-electron chi connectivity index (χ0n) is 13.8. The van der Waals surface area contributed by atoms with E-state index in [0.717, 1.165) is 41.5 Å². The highest BCUT2D eigenvalue weighted by Gasteiger charge is 2.20. The maximum atomic E-state index is 11.0. The van der Waals surface area contributed by atoms with Crippen molar-refractivity contribution in [3.05, 3.63) is 54.0 Å². The van der Waals surface area contributed by atoms with Crippen LogP contribution in [0.15, 0.2) is 42.7 Å². The molecule has 1 aliphatic carbocycles. The van der Waals surface area contributed by atoms with Gasteiger partial charge in [0.2, 0.25) is 0 Å². The van der Waals surface area contributed by atoms with Crippen LogP contribution >= 0.6 is 0 Å². The summed E-state index contributed by atoms with van der Waals surface area (Å²) in [6.07, 6.45) is 7.03. The van der Waals surface area contributed by atoms with E-state index in [9.17, 15) is 4.79 Å². The van der Waals surface area contributed by atoms with Crippen molar-refractivity contribution in [3.63, 3.8) is 0 Å². The Bertz CT molecular complexity index is 898. The van der Waals surface area contributed by atoms with Crippen LogP contribution in [0.5, 0.6) is 0 Å². The van der Waals surface area contributed by atoms with Crippen molar-refractivity contribution in [3.8, 4) is 5.69 Å². The summed E-state index contributed by atoms with van der Waals surface area (Å²) < 4.78 is 7.56. The fourth-order valence-corrected chi connectivity index (χ4v) is 2.75. The maximum absolute atomic E-state index is 11.0. The summed E-state index contributed by atoms with van der Waals surface area (Å²) in [6.45, 7) is 1.53. The number of carboxylic acid groups (broad SMARTS) is 1. The van der Waals surface area contributed by atoms with Gasteiger partial charge in [-0.1, -0.05) is 0 Å². The predicted octanol–water partition coefficient (Wildman–Crippen LogP) is 3.09. The molecule has 0 amide bonds. The molecule has 25 heavy (non-hydrogen) atoms. The Morgan fingerprint density at radius 3 is 2.76 bits per heavy atom. The number of benzene rings is 1. The van der Waals surface area contributed by atoms with E-state index < -0.39 is 5.97 Å². The Morgan fingerprint density at radius 2 is 2.04 bits per heavy atom. The molecule has 6 nitrogen and oxygen atoms in total. The zero-order chi connectivity index (χ0) is 17.2. The Balaban J connectivity index is 1.49. The van der Waals surface area contributed by atoms with Crippen LogP contribution in [-0.2, 0) is 11.2 Å². The Kier molecular flexibility index (Phi) is 4.19. The summed E-state index contributed by atoms with van der Waals surface area (Å²) in [5.41, 5.74) is 3.62. The lowest BCUT2D eigenvalue weighted by Crippen LogP contribution is -2.04. The number of rotatable bonds is 7. The van der Waals surface area contributed by atoms with Crippen LogP contribution < -0.4 is 0 Å². The van der Waals surface area contributed by atoms with Crippen LogP contribution in [-0.4, -0.2) is 38.8 Å². The molecule has 128 valence electrons. The van der Waals surface area contributed by atoms with Crippen LogP contribution in [0, 0.1) is 5.92 Å². The molecule has 1 fully saturated rings. The summed E-state index contributed by atoms with van der Waals surface area (Å²) in [4.78, 5) is 20.1. The number of hydrogen-bond acceptors (Lipinski definition) is 4. The minimum atomic E-state index is -0.933. The third-order valence-electron chi connectivity index (χ3n) is 4.38. The molecule has 0 spiro atoms. The molecule has 2 aromatic heterocycles. The molecular weight excluding hydrogens is 318 g/mol. The molecule has 2 heterocycles. The Labute approximate surface area is 145 Å². The molecule has 1 N–H and O–H groups in total. The average Bonchev–Trinajstić information content (AvgIpc) is 3.36. The number of carbonyl (C=O) groups is 1. The van der Waals surface area contributed by atoms with Crippen LogP contribution in [0.25, 0.3) is 16.9 Å². The molecule has 1 saturated carbocycles. The number of ether oxygens (including phenoxy) is 1. The minimum absolute atomic E-state index is 0.264. The van der Waals surface area contributed by atoms with Crippen LogP contribution in [0.4, 0.5) is 0 Å². The summed E-state index contributed by atoms with van der Waals surface area (Å²) >= 11 is 0. The van der Waals surface area contributed by atoms with E-state index >= 15 is 0 Å². The van der Waals surface area contributed by atoms with Crippen molar-refractivity contribution >= 4 is 17.1 Å². The zero-order valence-corrected chi connectivity index (χ0v) is 13.8. The molecule has 6 heteroatoms. The van der Waals surface area contributed by atoms with Crippen molar-refractivity contribution in [1.82, 2.24) is 14.5 Å². The number of fused-ring (bicyclic) bond motifs is 1. The van der Waals surface area contributed by atoms with Gasteiger partial charge in [-0.25, -0.2) is 14.8 Å². The second-order valence-corrected chi connectivity index (χ2v) is 6.38. The molecule has 3 aromatic rings. The van der Waals surface area contributed by atoms with E-state index in [0.29, 0.717) is 6.61 Å². The molecule has 0 radical (unpaired) electrons. The minimum Gasteiger partial charge on any atom is -0.478 e. The SMILES string of the molecule is O=C(O)c1ccc(-n2ccc3nc(CCOCC4CC4)cnc32)cc1. The van der Waals surface area contributed by atoms with E-state index in [1.807, 2.05) is 16.8 Å². The van der Waals surface area contributed by atoms with Crippen molar-refractivity contribution in [2.24, 2.45) is 5.92 Å². The lowest BCUT2D eigenvalue weighted by atomic mass is 10.2. The van der Waals surface area contributed by atoms with E-state index in [1.54, 1.807) is 30.5 Å². The summed E-state index contributed by atoms with van der Waals surface area (Å²) in [6, 6.07) is 8.63. The van der Waals surface area contributed by atoms with Gasteiger partial charge in [0.15, 0.2) is 5.65 Å². The first-order valence-electron chi connectivity index (χ1n) is 8.45. The largest absolute Gasteiger partial charge is 0.478 e. The third kappa shape index (κ3) is 3.53. The average molecular weight is 337 g/mol. The van der Waals surface area contributed by atoms with Crippen molar-refractivity contribution in [2.45, 2.75) is 19.3 Å². The van der Waals surface area contributed by atoms with Gasteiger partial charge >= 0.3 is 5.97 Å². The summed E-state index contributed by atoms with van der Waals surface area (Å²) in [5.74, 6) is -0.160. The monoisotopic (exact) mass is 337 g/mol. The lowest BCUT2D eigenvalue weighted by molar-refractivity contribution is 0.0697. The van der Waals surface area contributed by atoms with E-state index in [1.165, 1.54) is 12.8 Å². The molecule has 0 bridgehead atoms. The first-order chi connectivity index (χ1) is 12.2. The van der Waals surface area contributed by atoms with Gasteiger partial charge in [-0.15, -0.1) is 0 Å². The first-order valence-corrected chi connectivity index (χ1v) is 8.45. The molecule has 0 saturated heterocycles. The summed E-state index contributed by atoms with van der Waals surface area (Å²) in [5, 5.41) is 8.99. The lowest BCUT2D eigenvalue weighted by Gasteiger charge is -2.06. The molecular formula is C19H19N3O3. The van der Waals surface area contributed by atoms with Crippen molar-refractivity contribution in [2.75, 3.05) is 13.2 Å². The van der Waals surface area contributed by atoms with Crippen LogP contribution in [0.1, 0.15) is 28.9 Å². The van der Waals surface area contributed by atoms with E-state index in [-0.39, 0.29) is 5.56 Å². The second kappa shape index (κ2) is 6.64. The standard InChI is InChI=1S/C19H19N3O3/c23-19(24)14-3-5-16(6-4-14)22-9-7-17-18(22)20-11-15(21-17)8-10-25-12-13-1-2-13/h3-7,9,11,13H,1-2,8,10,12H2,(H,23,24). The highest BCUT2D eigenvalue weighted by molar-refractivity contribution is 5.87. The van der Waals surface area contributed by atoms with Crippen LogP contribution in [0.3, 0.4) is 0 Å². The Morgan fingerprint density at radius 1 is 1.24 bits per heavy atom. The molecule has 1 aromatic carbocycles. The second-order valence-electron chi connectivity index (χ2n) is 6.38. The first kappa shape index (κ1) is 15.8. The molecule has 0 atom stereocenters. The fourth-order valence-electron chi connectivity index (χ4n) is 2.75. The van der Waals surface area contributed by atoms with Crippen molar-refractivity contribution in [1.29, 1.82) is 0 Å². The number of aromatic carboxylic acids is 1. The van der Waals surface area contributed by atoms with E-state index in [2.05, 4.69) is 9.97 Å². The quantitative estimate of drug-likeness (QED) is 0.670. The van der Waals surface area contributed by atoms with Crippen LogP contribution in [0.2, 0.25) is 0 Å². The molecule has 0 aliphatic heterocycles. The number of aromatic nitrogens is 3. The molecule has 4 rings (SSSR count). The molecule has 0 unspecified atom stereocenters. The highest BCUT2D eigenvalue weighted by Crippen LogP contribution is 2.28. The predicted molar refractivity (Wildman–Crippen MR) is 93.1 cm³/mol. The Hall–Kier alpha value is -2.73. The normalized spacial score (nSPS) is 14.1. The van der Waals surface area contributed by atoms with Gasteiger partial charge in [0.05, 0.1) is 24.1 Å². The van der Waals surface area contributed by atoms with Gasteiger partial charge in [0.1, 0.15) is 5.52 Å². The molecule has 1 aliphatic rings. The van der Waals surface area contributed by atoms with Gasteiger partial charge < -0.3 is 9.84 Å². The van der Waals surface area contributed by atoms with Crippen molar-refractivity contribution < 1.29 is 14.6 Å². The number of nitrogens with zero attached hydrogens (tertiary/aromatic N) is 3. The highest BCUT2D eigenvalue weighted by atomic mass is 16.5. The number of hydrogen-bond donors (Lipinski definition) is 1. The van der Waals surface area contributed by atoms with E-state index in [4.69, 9.17) is 9.84 Å². The number of carboxylic acids is 1. The maximum Gasteiger partial charge on any atom is 0.335 e.